The summed E-state index contributed by atoms with van der Waals surface area (Å²) in [6, 6.07) is 27.5. The number of esters is 2. The molecule has 1 saturated heterocycles. The van der Waals surface area contributed by atoms with Gasteiger partial charge >= 0.3 is 11.9 Å². The van der Waals surface area contributed by atoms with E-state index in [2.05, 4.69) is 65.6 Å². The zero-order valence-electron chi connectivity index (χ0n) is 27.3. The number of non-ortho nitro benzene ring substituents is 1. The van der Waals surface area contributed by atoms with E-state index in [1.807, 2.05) is 0 Å². The van der Waals surface area contributed by atoms with Crippen molar-refractivity contribution in [2.75, 3.05) is 40.4 Å². The van der Waals surface area contributed by atoms with E-state index < -0.39 is 22.8 Å². The second-order valence-corrected chi connectivity index (χ2v) is 12.0. The highest BCUT2D eigenvalue weighted by Gasteiger charge is 2.40. The summed E-state index contributed by atoms with van der Waals surface area (Å²) in [5.41, 5.74) is 4.68. The molecule has 248 valence electrons. The predicted molar refractivity (Wildman–Crippen MR) is 183 cm³/mol. The number of nitro groups is 1. The first-order chi connectivity index (χ1) is 22.2. The van der Waals surface area contributed by atoms with E-state index in [1.54, 1.807) is 37.9 Å². The smallest absolute Gasteiger partial charge is 0.336 e. The maximum Gasteiger partial charge on any atom is 0.336 e. The standard InChI is InChI=1S/C37H41N3O6.ClH/c1-26-32(35(41)45-4)34(28-13-11-18-31(25-28)40(43)44)33(27(2)38(26)3)36(42)46-24-12-21-39-22-19-37(20-23-39,29-14-7-5-8-15-29)30-16-9-6-10-17-30;/h5-11,13-18,25,34H,12,19-24H2,1-4H3;1H/t34-;/m1./s1. The first-order valence-corrected chi connectivity index (χ1v) is 15.7. The van der Waals surface area contributed by atoms with Crippen molar-refractivity contribution in [3.05, 3.63) is 134 Å². The molecule has 2 aliphatic heterocycles. The van der Waals surface area contributed by atoms with Crippen molar-refractivity contribution in [1.82, 2.24) is 9.80 Å². The van der Waals surface area contributed by atoms with Crippen molar-refractivity contribution < 1.29 is 24.0 Å². The Bertz CT molecular complexity index is 1610. The van der Waals surface area contributed by atoms with Gasteiger partial charge in [-0.25, -0.2) is 9.59 Å². The lowest BCUT2D eigenvalue weighted by Gasteiger charge is -2.43. The van der Waals surface area contributed by atoms with Crippen molar-refractivity contribution >= 4 is 30.0 Å². The Hall–Kier alpha value is -4.47. The number of hydrogen-bond acceptors (Lipinski definition) is 8. The molecule has 0 spiro atoms. The van der Waals surface area contributed by atoms with Crippen LogP contribution in [-0.4, -0.2) is 67.1 Å². The van der Waals surface area contributed by atoms with E-state index in [-0.39, 0.29) is 41.3 Å². The van der Waals surface area contributed by atoms with E-state index in [9.17, 15) is 19.7 Å². The van der Waals surface area contributed by atoms with Gasteiger partial charge in [0.2, 0.25) is 0 Å². The maximum absolute atomic E-state index is 13.7. The van der Waals surface area contributed by atoms with Gasteiger partial charge in [0.05, 0.1) is 35.7 Å². The van der Waals surface area contributed by atoms with Gasteiger partial charge in [-0.2, -0.15) is 0 Å². The molecule has 47 heavy (non-hydrogen) atoms. The third kappa shape index (κ3) is 7.26. The molecule has 0 amide bonds. The molecule has 0 saturated carbocycles. The van der Waals surface area contributed by atoms with Crippen LogP contribution < -0.4 is 0 Å². The van der Waals surface area contributed by atoms with E-state index >= 15 is 0 Å². The molecule has 3 aromatic carbocycles. The normalized spacial score (nSPS) is 18.0. The zero-order chi connectivity index (χ0) is 32.8. The third-order valence-electron chi connectivity index (χ3n) is 9.62. The lowest BCUT2D eigenvalue weighted by Crippen LogP contribution is -2.43. The second-order valence-electron chi connectivity index (χ2n) is 12.0. The van der Waals surface area contributed by atoms with Crippen LogP contribution in [0.15, 0.2) is 107 Å². The van der Waals surface area contributed by atoms with Crippen LogP contribution in [0.3, 0.4) is 0 Å². The molecule has 0 unspecified atom stereocenters. The topological polar surface area (TPSA) is 102 Å². The molecule has 9 nitrogen and oxygen atoms in total. The lowest BCUT2D eigenvalue weighted by atomic mass is 9.68. The van der Waals surface area contributed by atoms with Gasteiger partial charge in [-0.3, -0.25) is 10.1 Å². The number of methoxy groups -OCH3 is 1. The van der Waals surface area contributed by atoms with Crippen molar-refractivity contribution in [2.45, 2.75) is 44.4 Å². The fourth-order valence-corrected chi connectivity index (χ4v) is 6.91. The molecule has 10 heteroatoms. The number of nitro benzene ring substituents is 1. The molecule has 1 fully saturated rings. The number of likely N-dealkylation sites (tertiary alicyclic amines) is 1. The summed E-state index contributed by atoms with van der Waals surface area (Å²) in [6.45, 7) is 6.40. The summed E-state index contributed by atoms with van der Waals surface area (Å²) in [5.74, 6) is -2.03. The Labute approximate surface area is 282 Å². The number of halogens is 1. The monoisotopic (exact) mass is 659 g/mol. The molecule has 2 heterocycles. The third-order valence-corrected chi connectivity index (χ3v) is 9.62. The Kier molecular flexibility index (Phi) is 11.6. The van der Waals surface area contributed by atoms with Crippen LogP contribution >= 0.6 is 12.4 Å². The zero-order valence-corrected chi connectivity index (χ0v) is 28.1. The van der Waals surface area contributed by atoms with Crippen molar-refractivity contribution in [3.8, 4) is 0 Å². The van der Waals surface area contributed by atoms with Crippen molar-refractivity contribution in [2.24, 2.45) is 0 Å². The Balaban J connectivity index is 0.00000500. The van der Waals surface area contributed by atoms with E-state index in [0.29, 0.717) is 23.4 Å². The fraction of sp³-hybridized carbons (Fsp3) is 0.351. The lowest BCUT2D eigenvalue weighted by molar-refractivity contribution is -0.384. The van der Waals surface area contributed by atoms with E-state index in [4.69, 9.17) is 9.47 Å². The molecule has 0 radical (unpaired) electrons. The molecule has 1 atom stereocenters. The van der Waals surface area contributed by atoms with Gasteiger partial charge in [-0.05, 0) is 62.9 Å². The van der Waals surface area contributed by atoms with Gasteiger partial charge in [-0.15, -0.1) is 12.4 Å². The second kappa shape index (κ2) is 15.4. The average Bonchev–Trinajstić information content (AvgIpc) is 3.09. The largest absolute Gasteiger partial charge is 0.466 e. The van der Waals surface area contributed by atoms with Gasteiger partial charge < -0.3 is 19.3 Å². The quantitative estimate of drug-likeness (QED) is 0.102. The number of hydrogen-bond donors (Lipinski definition) is 0. The number of piperidine rings is 1. The molecule has 0 bridgehead atoms. The number of ether oxygens (including phenoxy) is 2. The van der Waals surface area contributed by atoms with Crippen LogP contribution in [0, 0.1) is 10.1 Å². The maximum atomic E-state index is 13.7. The number of benzene rings is 3. The Morgan fingerprint density at radius 1 is 0.872 bits per heavy atom. The molecule has 0 aromatic heterocycles. The number of carbonyl (C=O) groups excluding carboxylic acids is 2. The van der Waals surface area contributed by atoms with Crippen molar-refractivity contribution in [3.63, 3.8) is 0 Å². The summed E-state index contributed by atoms with van der Waals surface area (Å²) in [6.07, 6.45) is 2.63. The molecule has 2 aliphatic rings. The van der Waals surface area contributed by atoms with Crippen LogP contribution in [0.1, 0.15) is 55.7 Å². The van der Waals surface area contributed by atoms with Crippen LogP contribution in [0.5, 0.6) is 0 Å². The average molecular weight is 660 g/mol. The summed E-state index contributed by atoms with van der Waals surface area (Å²) >= 11 is 0. The number of nitrogens with zero attached hydrogens (tertiary/aromatic N) is 3. The summed E-state index contributed by atoms with van der Waals surface area (Å²) < 4.78 is 10.9. The SMILES string of the molecule is COC(=O)C1=C(C)N(C)C(C)=C(C(=O)OCCCN2CCC(c3ccccc3)(c3ccccc3)CC2)[C@@H]1c1cccc([N+](=O)[O-])c1.Cl. The van der Waals surface area contributed by atoms with Crippen LogP contribution in [0.2, 0.25) is 0 Å². The summed E-state index contributed by atoms with van der Waals surface area (Å²) in [7, 11) is 3.05. The van der Waals surface area contributed by atoms with Gasteiger partial charge in [0.25, 0.3) is 5.69 Å². The highest BCUT2D eigenvalue weighted by Crippen LogP contribution is 2.44. The van der Waals surface area contributed by atoms with Gasteiger partial charge in [0, 0.05) is 42.5 Å². The van der Waals surface area contributed by atoms with E-state index in [0.717, 1.165) is 32.5 Å². The minimum absolute atomic E-state index is 0. The Morgan fingerprint density at radius 2 is 1.43 bits per heavy atom. The molecule has 3 aromatic rings. The number of rotatable bonds is 10. The fourth-order valence-electron chi connectivity index (χ4n) is 6.91. The molecule has 0 aliphatic carbocycles. The highest BCUT2D eigenvalue weighted by atomic mass is 35.5. The Morgan fingerprint density at radius 3 is 1.96 bits per heavy atom. The minimum Gasteiger partial charge on any atom is -0.466 e. The van der Waals surface area contributed by atoms with Crippen LogP contribution in [0.25, 0.3) is 0 Å². The van der Waals surface area contributed by atoms with Gasteiger partial charge in [0.15, 0.2) is 0 Å². The molecule has 5 rings (SSSR count). The molecular weight excluding hydrogens is 618 g/mol. The van der Waals surface area contributed by atoms with Gasteiger partial charge in [-0.1, -0.05) is 72.8 Å². The molecular formula is C37H42ClN3O6. The van der Waals surface area contributed by atoms with Gasteiger partial charge in [0.1, 0.15) is 0 Å². The summed E-state index contributed by atoms with van der Waals surface area (Å²) in [5, 5.41) is 11.6. The predicted octanol–water partition coefficient (Wildman–Crippen LogP) is 6.78. The first kappa shape index (κ1) is 35.4. The number of carbonyl (C=O) groups is 2. The molecule has 0 N–H and O–H groups in total. The highest BCUT2D eigenvalue weighted by molar-refractivity contribution is 5.99. The first-order valence-electron chi connectivity index (χ1n) is 15.7. The minimum atomic E-state index is -0.873. The van der Waals surface area contributed by atoms with Crippen LogP contribution in [0.4, 0.5) is 5.69 Å². The van der Waals surface area contributed by atoms with E-state index in [1.165, 1.54) is 30.4 Å². The van der Waals surface area contributed by atoms with Crippen molar-refractivity contribution in [1.29, 1.82) is 0 Å². The summed E-state index contributed by atoms with van der Waals surface area (Å²) in [4.78, 5) is 42.0. The van der Waals surface area contributed by atoms with Crippen LogP contribution in [-0.2, 0) is 24.5 Å². The number of allylic oxidation sites excluding steroid dienone is 2.